The predicted octanol–water partition coefficient (Wildman–Crippen LogP) is 2.29. The van der Waals surface area contributed by atoms with Crippen LogP contribution < -0.4 is 21.5 Å². The lowest BCUT2D eigenvalue weighted by Gasteiger charge is -2.31. The monoisotopic (exact) mass is 361 g/mol. The molecule has 0 radical (unpaired) electrons. The molecule has 0 bridgehead atoms. The number of carbonyl (C=O) groups excluding carboxylic acids is 1. The minimum atomic E-state index is -0.328. The molecule has 0 aliphatic carbocycles. The number of amides is 1. The van der Waals surface area contributed by atoms with E-state index in [4.69, 9.17) is 5.73 Å². The van der Waals surface area contributed by atoms with E-state index in [0.717, 1.165) is 25.1 Å². The maximum absolute atomic E-state index is 12.2. The molecule has 0 atom stereocenters. The molecule has 136 valence electrons. The molecule has 2 aromatic heterocycles. The van der Waals surface area contributed by atoms with Crippen molar-refractivity contribution in [1.82, 2.24) is 20.4 Å². The third kappa shape index (κ3) is 3.37. The Kier molecular flexibility index (Phi) is 4.52. The van der Waals surface area contributed by atoms with Crippen LogP contribution in [0.1, 0.15) is 22.3 Å². The molecule has 0 spiro atoms. The number of fused-ring (bicyclic) bond motifs is 1. The number of nitrogens with zero attached hydrogens (tertiary/aromatic N) is 4. The van der Waals surface area contributed by atoms with Gasteiger partial charge in [-0.3, -0.25) is 20.6 Å². The van der Waals surface area contributed by atoms with Crippen LogP contribution >= 0.6 is 0 Å². The van der Waals surface area contributed by atoms with E-state index in [-0.39, 0.29) is 5.91 Å². The summed E-state index contributed by atoms with van der Waals surface area (Å²) in [6, 6.07) is 11.6. The number of anilines is 4. The third-order valence-electron chi connectivity index (χ3n) is 4.45. The fraction of sp³-hybridized carbons (Fsp3) is 0.158. The Bertz CT molecular complexity index is 961. The van der Waals surface area contributed by atoms with Crippen LogP contribution in [-0.2, 0) is 6.42 Å². The molecule has 0 saturated carbocycles. The van der Waals surface area contributed by atoms with Gasteiger partial charge in [0.1, 0.15) is 12.0 Å². The van der Waals surface area contributed by atoms with Crippen LogP contribution in [0.2, 0.25) is 0 Å². The van der Waals surface area contributed by atoms with Gasteiger partial charge in [0.2, 0.25) is 0 Å². The van der Waals surface area contributed by atoms with E-state index in [9.17, 15) is 4.79 Å². The lowest BCUT2D eigenvalue weighted by molar-refractivity contribution is 0.0962. The quantitative estimate of drug-likeness (QED) is 0.612. The van der Waals surface area contributed by atoms with Crippen molar-refractivity contribution in [2.24, 2.45) is 0 Å². The van der Waals surface area contributed by atoms with Crippen LogP contribution in [-0.4, -0.2) is 27.4 Å². The molecule has 1 amide bonds. The Balaban J connectivity index is 1.56. The average Bonchev–Trinajstić information content (AvgIpc) is 2.73. The summed E-state index contributed by atoms with van der Waals surface area (Å²) in [5.74, 6) is 0.640. The topological polar surface area (TPSA) is 109 Å². The summed E-state index contributed by atoms with van der Waals surface area (Å²) in [6.45, 7) is 0.819. The van der Waals surface area contributed by atoms with E-state index < -0.39 is 0 Å². The number of nitrogens with two attached hydrogens (primary N) is 1. The highest BCUT2D eigenvalue weighted by Gasteiger charge is 2.22. The van der Waals surface area contributed by atoms with Crippen LogP contribution in [0.4, 0.5) is 23.0 Å². The van der Waals surface area contributed by atoms with Gasteiger partial charge in [-0.15, -0.1) is 0 Å². The van der Waals surface area contributed by atoms with Gasteiger partial charge in [0, 0.05) is 24.6 Å². The highest BCUT2D eigenvalue weighted by molar-refractivity contribution is 5.95. The number of carbonyl (C=O) groups is 1. The van der Waals surface area contributed by atoms with E-state index in [1.165, 1.54) is 18.1 Å². The Morgan fingerprint density at radius 3 is 2.89 bits per heavy atom. The summed E-state index contributed by atoms with van der Waals surface area (Å²) in [7, 11) is 0. The minimum absolute atomic E-state index is 0.328. The van der Waals surface area contributed by atoms with Crippen molar-refractivity contribution in [2.45, 2.75) is 12.8 Å². The lowest BCUT2D eigenvalue weighted by Crippen LogP contribution is -2.31. The van der Waals surface area contributed by atoms with Crippen LogP contribution in [0.25, 0.3) is 0 Å². The molecule has 3 heterocycles. The minimum Gasteiger partial charge on any atom is -0.393 e. The number of nitrogens with one attached hydrogen (secondary N) is 2. The molecule has 4 N–H and O–H groups in total. The molecule has 0 unspecified atom stereocenters. The number of hydrogen-bond donors (Lipinski definition) is 3. The first-order valence-corrected chi connectivity index (χ1v) is 8.66. The van der Waals surface area contributed by atoms with Crippen molar-refractivity contribution in [1.29, 1.82) is 0 Å². The smallest absolute Gasteiger partial charge is 0.271 e. The van der Waals surface area contributed by atoms with Gasteiger partial charge in [0.25, 0.3) is 5.91 Å². The van der Waals surface area contributed by atoms with Crippen molar-refractivity contribution in [2.75, 3.05) is 22.6 Å². The Morgan fingerprint density at radius 2 is 2.04 bits per heavy atom. The summed E-state index contributed by atoms with van der Waals surface area (Å²) >= 11 is 0. The largest absolute Gasteiger partial charge is 0.393 e. The zero-order valence-electron chi connectivity index (χ0n) is 14.6. The number of hydrogen-bond acceptors (Lipinski definition) is 7. The molecular weight excluding hydrogens is 342 g/mol. The molecule has 1 aliphatic rings. The zero-order chi connectivity index (χ0) is 18.6. The Labute approximate surface area is 156 Å². The van der Waals surface area contributed by atoms with Crippen LogP contribution in [0.3, 0.4) is 0 Å². The molecule has 1 aliphatic heterocycles. The number of aromatic nitrogens is 3. The number of benzene rings is 1. The second-order valence-electron chi connectivity index (χ2n) is 6.16. The highest BCUT2D eigenvalue weighted by Crippen LogP contribution is 2.36. The number of pyridine rings is 1. The molecule has 1 aromatic carbocycles. The molecule has 27 heavy (non-hydrogen) atoms. The van der Waals surface area contributed by atoms with Gasteiger partial charge in [-0.2, -0.15) is 0 Å². The first-order valence-electron chi connectivity index (χ1n) is 8.66. The lowest BCUT2D eigenvalue weighted by atomic mass is 10.0. The Hall–Kier alpha value is -3.68. The summed E-state index contributed by atoms with van der Waals surface area (Å²) < 4.78 is 0. The molecule has 4 rings (SSSR count). The van der Waals surface area contributed by atoms with E-state index >= 15 is 0 Å². The molecule has 8 heteroatoms. The number of aryl methyl sites for hydroxylation is 1. The van der Waals surface area contributed by atoms with Crippen molar-refractivity contribution >= 4 is 28.9 Å². The van der Waals surface area contributed by atoms with E-state index in [2.05, 4.69) is 42.8 Å². The van der Waals surface area contributed by atoms with Crippen LogP contribution in [0.15, 0.2) is 55.1 Å². The fourth-order valence-corrected chi connectivity index (χ4v) is 3.14. The Morgan fingerprint density at radius 1 is 1.15 bits per heavy atom. The van der Waals surface area contributed by atoms with Crippen LogP contribution in [0, 0.1) is 0 Å². The predicted molar refractivity (Wildman–Crippen MR) is 104 cm³/mol. The highest BCUT2D eigenvalue weighted by atomic mass is 16.2. The van der Waals surface area contributed by atoms with Gasteiger partial charge >= 0.3 is 0 Å². The van der Waals surface area contributed by atoms with Crippen molar-refractivity contribution in [3.05, 3.63) is 66.2 Å². The summed E-state index contributed by atoms with van der Waals surface area (Å²) in [4.78, 5) is 26.7. The third-order valence-corrected chi connectivity index (χ3v) is 4.45. The average molecular weight is 361 g/mol. The van der Waals surface area contributed by atoms with Crippen molar-refractivity contribution in [3.8, 4) is 0 Å². The van der Waals surface area contributed by atoms with Gasteiger partial charge in [-0.1, -0.05) is 18.2 Å². The standard InChI is InChI=1S/C19H19N7O/c20-16-17(24-25-19(27)14-6-3-9-21-11-14)22-12-23-18(16)26-10-4-7-13-5-1-2-8-15(13)26/h1-3,5-6,8-9,11-12H,4,7,10,20H2,(H,25,27)(H,22,23,24). The maximum atomic E-state index is 12.2. The maximum Gasteiger partial charge on any atom is 0.271 e. The van der Waals surface area contributed by atoms with E-state index in [1.54, 1.807) is 18.3 Å². The number of rotatable bonds is 4. The van der Waals surface area contributed by atoms with Crippen LogP contribution in [0.5, 0.6) is 0 Å². The van der Waals surface area contributed by atoms with E-state index in [1.807, 2.05) is 12.1 Å². The van der Waals surface area contributed by atoms with Gasteiger partial charge in [0.15, 0.2) is 11.6 Å². The summed E-state index contributed by atoms with van der Waals surface area (Å²) in [5.41, 5.74) is 14.8. The number of para-hydroxylation sites is 1. The van der Waals surface area contributed by atoms with Crippen molar-refractivity contribution < 1.29 is 4.79 Å². The number of nitrogen functional groups attached to an aromatic ring is 1. The first kappa shape index (κ1) is 16.8. The van der Waals surface area contributed by atoms with Gasteiger partial charge in [-0.05, 0) is 36.6 Å². The number of hydrazine groups is 1. The molecule has 0 fully saturated rings. The second-order valence-corrected chi connectivity index (χ2v) is 6.16. The first-order chi connectivity index (χ1) is 13.2. The summed E-state index contributed by atoms with van der Waals surface area (Å²) in [5, 5.41) is 0. The second kappa shape index (κ2) is 7.28. The van der Waals surface area contributed by atoms with E-state index in [0.29, 0.717) is 22.9 Å². The fourth-order valence-electron chi connectivity index (χ4n) is 3.14. The SMILES string of the molecule is Nc1c(NNC(=O)c2cccnc2)ncnc1N1CCCc2ccccc21. The van der Waals surface area contributed by atoms with Crippen molar-refractivity contribution in [3.63, 3.8) is 0 Å². The molecule has 3 aromatic rings. The van der Waals surface area contributed by atoms with Gasteiger partial charge < -0.3 is 10.6 Å². The van der Waals surface area contributed by atoms with Gasteiger partial charge in [-0.25, -0.2) is 9.97 Å². The summed E-state index contributed by atoms with van der Waals surface area (Å²) in [6.07, 6.45) is 6.57. The molecule has 8 nitrogen and oxygen atoms in total. The molecular formula is C19H19N7O. The molecule has 0 saturated heterocycles. The zero-order valence-corrected chi connectivity index (χ0v) is 14.6. The normalized spacial score (nSPS) is 13.0. The van der Waals surface area contributed by atoms with Gasteiger partial charge in [0.05, 0.1) is 5.56 Å².